The quantitative estimate of drug-likeness (QED) is 0.703. The number of amides is 1. The molecule has 3 aromatic rings. The molecule has 0 fully saturated rings. The van der Waals surface area contributed by atoms with Crippen molar-refractivity contribution in [2.45, 2.75) is 6.54 Å². The molecule has 0 bridgehead atoms. The summed E-state index contributed by atoms with van der Waals surface area (Å²) in [4.78, 5) is 13.1. The summed E-state index contributed by atoms with van der Waals surface area (Å²) in [7, 11) is 0. The highest BCUT2D eigenvalue weighted by molar-refractivity contribution is 9.11. The molecule has 0 saturated heterocycles. The number of nitrogens with one attached hydrogen (secondary N) is 1. The van der Waals surface area contributed by atoms with E-state index in [1.807, 2.05) is 6.07 Å². The molecule has 0 unspecified atom stereocenters. The Labute approximate surface area is 143 Å². The predicted molar refractivity (Wildman–Crippen MR) is 89.5 cm³/mol. The van der Waals surface area contributed by atoms with Crippen LogP contribution in [0.5, 0.6) is 0 Å². The fourth-order valence-corrected chi connectivity index (χ4v) is 3.41. The number of rotatable bonds is 4. The Hall–Kier alpha value is -2.19. The van der Waals surface area contributed by atoms with E-state index in [9.17, 15) is 9.18 Å². The highest BCUT2D eigenvalue weighted by Crippen LogP contribution is 2.34. The molecule has 2 heterocycles. The summed E-state index contributed by atoms with van der Waals surface area (Å²) in [6.07, 6.45) is 0. The Morgan fingerprint density at radius 3 is 2.83 bits per heavy atom. The number of hydrogen-bond donors (Lipinski definition) is 2. The van der Waals surface area contributed by atoms with Crippen LogP contribution in [-0.2, 0) is 6.54 Å². The second kappa shape index (κ2) is 6.51. The highest BCUT2D eigenvalue weighted by Gasteiger charge is 2.23. The Morgan fingerprint density at radius 1 is 1.35 bits per heavy atom. The molecule has 118 valence electrons. The van der Waals surface area contributed by atoms with E-state index in [0.29, 0.717) is 11.3 Å². The van der Waals surface area contributed by atoms with Crippen molar-refractivity contribution in [2.24, 2.45) is 0 Å². The van der Waals surface area contributed by atoms with E-state index in [0.717, 1.165) is 8.66 Å². The zero-order chi connectivity index (χ0) is 16.4. The first-order valence-electron chi connectivity index (χ1n) is 6.58. The van der Waals surface area contributed by atoms with Crippen molar-refractivity contribution >= 4 is 39.1 Å². The molecule has 0 aliphatic carbocycles. The maximum atomic E-state index is 13.6. The Kier molecular flexibility index (Phi) is 4.44. The third kappa shape index (κ3) is 3.27. The van der Waals surface area contributed by atoms with Crippen LogP contribution in [0.2, 0.25) is 0 Å². The van der Waals surface area contributed by atoms with E-state index >= 15 is 0 Å². The van der Waals surface area contributed by atoms with Crippen LogP contribution in [0, 0.1) is 5.82 Å². The molecule has 1 amide bonds. The largest absolute Gasteiger partial charge is 0.367 e. The number of nitrogen functional groups attached to an aromatic ring is 1. The lowest BCUT2D eigenvalue weighted by Gasteiger charge is -2.06. The van der Waals surface area contributed by atoms with Gasteiger partial charge in [-0.3, -0.25) is 4.79 Å². The molecule has 0 saturated carbocycles. The van der Waals surface area contributed by atoms with Crippen molar-refractivity contribution in [3.05, 3.63) is 57.1 Å². The first-order chi connectivity index (χ1) is 11.1. The van der Waals surface area contributed by atoms with Gasteiger partial charge in [0.25, 0.3) is 5.91 Å². The molecular formula is C15H11BrFN3O2S. The van der Waals surface area contributed by atoms with Crippen molar-refractivity contribution < 1.29 is 13.7 Å². The molecule has 2 aromatic heterocycles. The molecule has 0 aliphatic heterocycles. The maximum absolute atomic E-state index is 13.6. The number of nitrogens with two attached hydrogens (primary N) is 1. The van der Waals surface area contributed by atoms with E-state index in [2.05, 4.69) is 26.4 Å². The van der Waals surface area contributed by atoms with Crippen LogP contribution in [0.4, 0.5) is 10.3 Å². The smallest absolute Gasteiger partial charge is 0.259 e. The minimum atomic E-state index is -0.466. The minimum Gasteiger partial charge on any atom is -0.367 e. The summed E-state index contributed by atoms with van der Waals surface area (Å²) >= 11 is 4.76. The summed E-state index contributed by atoms with van der Waals surface area (Å²) in [6, 6.07) is 9.87. The monoisotopic (exact) mass is 395 g/mol. The summed E-state index contributed by atoms with van der Waals surface area (Å²) < 4.78 is 19.4. The minimum absolute atomic E-state index is 0.0453. The SMILES string of the molecule is Nc1onc(-c2ccc(Br)s2)c1C(=O)NCc1ccccc1F. The molecule has 3 N–H and O–H groups in total. The predicted octanol–water partition coefficient (Wildman–Crippen LogP) is 3.82. The number of anilines is 1. The van der Waals surface area contributed by atoms with Crippen molar-refractivity contribution in [3.8, 4) is 10.6 Å². The summed E-state index contributed by atoms with van der Waals surface area (Å²) in [5.74, 6) is -0.921. The molecular weight excluding hydrogens is 385 g/mol. The number of aromatic nitrogens is 1. The van der Waals surface area contributed by atoms with Crippen LogP contribution < -0.4 is 11.1 Å². The van der Waals surface area contributed by atoms with Gasteiger partial charge in [-0.25, -0.2) is 4.39 Å². The molecule has 5 nitrogen and oxygen atoms in total. The van der Waals surface area contributed by atoms with Gasteiger partial charge in [0.05, 0.1) is 8.66 Å². The number of nitrogens with zero attached hydrogens (tertiary/aromatic N) is 1. The zero-order valence-electron chi connectivity index (χ0n) is 11.7. The van der Waals surface area contributed by atoms with E-state index in [1.165, 1.54) is 17.4 Å². The summed E-state index contributed by atoms with van der Waals surface area (Å²) in [5, 5.41) is 6.48. The number of carbonyl (C=O) groups is 1. The standard InChI is InChI=1S/C15H11BrFN3O2S/c16-11-6-5-10(23-11)13-12(14(18)22-20-13)15(21)19-7-8-3-1-2-4-9(8)17/h1-6H,7,18H2,(H,19,21). The first kappa shape index (κ1) is 15.7. The van der Waals surface area contributed by atoms with E-state index in [1.54, 1.807) is 24.3 Å². The third-order valence-electron chi connectivity index (χ3n) is 3.15. The molecule has 0 atom stereocenters. The molecule has 8 heteroatoms. The molecule has 23 heavy (non-hydrogen) atoms. The van der Waals surface area contributed by atoms with Crippen molar-refractivity contribution in [1.29, 1.82) is 0 Å². The molecule has 0 spiro atoms. The normalized spacial score (nSPS) is 10.7. The van der Waals surface area contributed by atoms with Gasteiger partial charge in [0.15, 0.2) is 0 Å². The lowest BCUT2D eigenvalue weighted by molar-refractivity contribution is 0.0951. The number of benzene rings is 1. The van der Waals surface area contributed by atoms with Crippen molar-refractivity contribution in [1.82, 2.24) is 10.5 Å². The number of carbonyl (C=O) groups excluding carboxylic acids is 1. The average molecular weight is 396 g/mol. The number of hydrogen-bond acceptors (Lipinski definition) is 5. The van der Waals surface area contributed by atoms with Crippen LogP contribution in [-0.4, -0.2) is 11.1 Å². The van der Waals surface area contributed by atoms with Gasteiger partial charge < -0.3 is 15.6 Å². The Morgan fingerprint density at radius 2 is 2.13 bits per heavy atom. The van der Waals surface area contributed by atoms with Gasteiger partial charge in [0.1, 0.15) is 17.1 Å². The summed E-state index contributed by atoms with van der Waals surface area (Å²) in [5.41, 5.74) is 6.61. The topological polar surface area (TPSA) is 81.2 Å². The zero-order valence-corrected chi connectivity index (χ0v) is 14.1. The van der Waals surface area contributed by atoms with Crippen LogP contribution >= 0.6 is 27.3 Å². The van der Waals surface area contributed by atoms with Crippen molar-refractivity contribution in [3.63, 3.8) is 0 Å². The number of halogens is 2. The molecule has 3 rings (SSSR count). The Bertz CT molecular complexity index is 862. The van der Waals surface area contributed by atoms with Crippen molar-refractivity contribution in [2.75, 3.05) is 5.73 Å². The fraction of sp³-hybridized carbons (Fsp3) is 0.0667. The van der Waals surface area contributed by atoms with Crippen LogP contribution in [0.15, 0.2) is 44.7 Å². The lowest BCUT2D eigenvalue weighted by Crippen LogP contribution is -2.24. The third-order valence-corrected chi connectivity index (χ3v) is 4.78. The van der Waals surface area contributed by atoms with Crippen LogP contribution in [0.25, 0.3) is 10.6 Å². The van der Waals surface area contributed by atoms with Crippen LogP contribution in [0.1, 0.15) is 15.9 Å². The lowest BCUT2D eigenvalue weighted by atomic mass is 10.1. The fourth-order valence-electron chi connectivity index (χ4n) is 2.04. The summed E-state index contributed by atoms with van der Waals surface area (Å²) in [6.45, 7) is 0.0453. The number of thiophene rings is 1. The second-order valence-electron chi connectivity index (χ2n) is 4.65. The van der Waals surface area contributed by atoms with Gasteiger partial charge in [-0.1, -0.05) is 23.4 Å². The average Bonchev–Trinajstić information content (AvgIpc) is 3.12. The van der Waals surface area contributed by atoms with E-state index < -0.39 is 5.91 Å². The van der Waals surface area contributed by atoms with Gasteiger partial charge in [0.2, 0.25) is 5.88 Å². The van der Waals surface area contributed by atoms with Crippen LogP contribution in [0.3, 0.4) is 0 Å². The van der Waals surface area contributed by atoms with Gasteiger partial charge in [0, 0.05) is 12.1 Å². The molecule has 0 aliphatic rings. The van der Waals surface area contributed by atoms with E-state index in [-0.39, 0.29) is 23.8 Å². The van der Waals surface area contributed by atoms with Gasteiger partial charge >= 0.3 is 0 Å². The van der Waals surface area contributed by atoms with E-state index in [4.69, 9.17) is 10.3 Å². The van der Waals surface area contributed by atoms with Gasteiger partial charge in [-0.2, -0.15) is 0 Å². The second-order valence-corrected chi connectivity index (χ2v) is 7.11. The first-order valence-corrected chi connectivity index (χ1v) is 8.19. The Balaban J connectivity index is 1.83. The van der Waals surface area contributed by atoms with Gasteiger partial charge in [-0.05, 0) is 34.1 Å². The maximum Gasteiger partial charge on any atom is 0.259 e. The molecule has 0 radical (unpaired) electrons. The molecule has 1 aromatic carbocycles. The van der Waals surface area contributed by atoms with Gasteiger partial charge in [-0.15, -0.1) is 11.3 Å². The highest BCUT2D eigenvalue weighted by atomic mass is 79.9.